The fourth-order valence-electron chi connectivity index (χ4n) is 1.70. The van der Waals surface area contributed by atoms with Crippen LogP contribution in [-0.4, -0.2) is 18.5 Å². The summed E-state index contributed by atoms with van der Waals surface area (Å²) in [6.07, 6.45) is 2.01. The summed E-state index contributed by atoms with van der Waals surface area (Å²) in [4.78, 5) is 11.7. The molecule has 0 aliphatic carbocycles. The molecule has 0 bridgehead atoms. The summed E-state index contributed by atoms with van der Waals surface area (Å²) in [5, 5.41) is 6.06. The second-order valence-electron chi connectivity index (χ2n) is 3.65. The van der Waals surface area contributed by atoms with Gasteiger partial charge in [-0.3, -0.25) is 4.79 Å². The Morgan fingerprint density at radius 2 is 2.31 bits per heavy atom. The summed E-state index contributed by atoms with van der Waals surface area (Å²) in [6.45, 7) is 0.941. The Bertz CT molecular complexity index is 367. The Labute approximate surface area is 110 Å². The van der Waals surface area contributed by atoms with Crippen molar-refractivity contribution in [2.75, 3.05) is 11.9 Å². The highest BCUT2D eigenvalue weighted by atomic mass is 79.9. The maximum Gasteiger partial charge on any atom is 0.241 e. The van der Waals surface area contributed by atoms with E-state index in [1.54, 1.807) is 0 Å². The van der Waals surface area contributed by atoms with Crippen LogP contribution in [0, 0.1) is 0 Å². The molecule has 1 amide bonds. The molecule has 16 heavy (non-hydrogen) atoms. The van der Waals surface area contributed by atoms with Gasteiger partial charge in [0.1, 0.15) is 0 Å². The quantitative estimate of drug-likeness (QED) is 0.882. The Balaban J connectivity index is 0.00000128. The maximum absolute atomic E-state index is 11.7. The van der Waals surface area contributed by atoms with Crippen LogP contribution in [0.4, 0.5) is 5.69 Å². The van der Waals surface area contributed by atoms with Crippen molar-refractivity contribution in [1.82, 2.24) is 5.32 Å². The molecule has 1 aliphatic rings. The number of nitrogens with one attached hydrogen (secondary N) is 2. The van der Waals surface area contributed by atoms with E-state index >= 15 is 0 Å². The predicted octanol–water partition coefficient (Wildman–Crippen LogP) is 2.56. The minimum absolute atomic E-state index is 0. The molecule has 2 N–H and O–H groups in total. The minimum atomic E-state index is -0.0241. The molecule has 0 aromatic heterocycles. The third-order valence-electron chi connectivity index (χ3n) is 2.47. The summed E-state index contributed by atoms with van der Waals surface area (Å²) in [7, 11) is 0. The third kappa shape index (κ3) is 3.47. The molecular weight excluding hydrogens is 291 g/mol. The SMILES string of the molecule is Cl.O=C(Nc1cccc(Br)c1)[C@@H]1CCCN1. The van der Waals surface area contributed by atoms with Crippen molar-refractivity contribution in [3.63, 3.8) is 0 Å². The van der Waals surface area contributed by atoms with Gasteiger partial charge in [-0.25, -0.2) is 0 Å². The molecule has 3 nitrogen and oxygen atoms in total. The van der Waals surface area contributed by atoms with Gasteiger partial charge in [0.2, 0.25) is 5.91 Å². The van der Waals surface area contributed by atoms with Crippen molar-refractivity contribution in [2.24, 2.45) is 0 Å². The van der Waals surface area contributed by atoms with Gasteiger partial charge in [0.05, 0.1) is 6.04 Å². The minimum Gasteiger partial charge on any atom is -0.325 e. The van der Waals surface area contributed by atoms with E-state index in [9.17, 15) is 4.79 Å². The molecule has 1 fully saturated rings. The van der Waals surface area contributed by atoms with Crippen LogP contribution in [-0.2, 0) is 4.79 Å². The van der Waals surface area contributed by atoms with Crippen LogP contribution in [0.25, 0.3) is 0 Å². The van der Waals surface area contributed by atoms with Crippen LogP contribution < -0.4 is 10.6 Å². The summed E-state index contributed by atoms with van der Waals surface area (Å²) < 4.78 is 0.972. The standard InChI is InChI=1S/C11H13BrN2O.ClH/c12-8-3-1-4-9(7-8)14-11(15)10-5-2-6-13-10;/h1,3-4,7,10,13H,2,5-6H2,(H,14,15);1H/t10-;/m0./s1. The van der Waals surface area contributed by atoms with E-state index in [1.807, 2.05) is 24.3 Å². The van der Waals surface area contributed by atoms with Crippen LogP contribution in [0.2, 0.25) is 0 Å². The molecule has 1 heterocycles. The summed E-state index contributed by atoms with van der Waals surface area (Å²) in [6, 6.07) is 7.60. The molecule has 0 saturated carbocycles. The van der Waals surface area contributed by atoms with Gasteiger partial charge in [0.15, 0.2) is 0 Å². The number of hydrogen-bond donors (Lipinski definition) is 2. The first kappa shape index (κ1) is 13.5. The van der Waals surface area contributed by atoms with Crippen LogP contribution in [0.1, 0.15) is 12.8 Å². The zero-order valence-electron chi connectivity index (χ0n) is 8.70. The Kier molecular flexibility index (Phi) is 5.25. The Morgan fingerprint density at radius 3 is 2.94 bits per heavy atom. The van der Waals surface area contributed by atoms with Crippen molar-refractivity contribution in [1.29, 1.82) is 0 Å². The Morgan fingerprint density at radius 1 is 1.50 bits per heavy atom. The highest BCUT2D eigenvalue weighted by Crippen LogP contribution is 2.16. The summed E-state index contributed by atoms with van der Waals surface area (Å²) in [5.74, 6) is 0.0607. The van der Waals surface area contributed by atoms with E-state index in [-0.39, 0.29) is 24.4 Å². The second kappa shape index (κ2) is 6.23. The van der Waals surface area contributed by atoms with Gasteiger partial charge >= 0.3 is 0 Å². The number of amides is 1. The van der Waals surface area contributed by atoms with Crippen molar-refractivity contribution in [3.05, 3.63) is 28.7 Å². The molecule has 1 aromatic rings. The predicted molar refractivity (Wildman–Crippen MR) is 71.0 cm³/mol. The van der Waals surface area contributed by atoms with Crippen molar-refractivity contribution in [2.45, 2.75) is 18.9 Å². The van der Waals surface area contributed by atoms with Gasteiger partial charge < -0.3 is 10.6 Å². The fraction of sp³-hybridized carbons (Fsp3) is 0.364. The second-order valence-corrected chi connectivity index (χ2v) is 4.56. The number of halogens is 2. The number of carbonyl (C=O) groups excluding carboxylic acids is 1. The van der Waals surface area contributed by atoms with Crippen LogP contribution >= 0.6 is 28.3 Å². The molecule has 0 spiro atoms. The zero-order valence-corrected chi connectivity index (χ0v) is 11.1. The topological polar surface area (TPSA) is 41.1 Å². The number of rotatable bonds is 2. The molecule has 5 heteroatoms. The average molecular weight is 306 g/mol. The van der Waals surface area contributed by atoms with E-state index in [0.29, 0.717) is 0 Å². The van der Waals surface area contributed by atoms with E-state index in [1.165, 1.54) is 0 Å². The maximum atomic E-state index is 11.7. The van der Waals surface area contributed by atoms with Gasteiger partial charge in [0, 0.05) is 10.2 Å². The normalized spacial score (nSPS) is 18.9. The highest BCUT2D eigenvalue weighted by Gasteiger charge is 2.21. The number of benzene rings is 1. The number of hydrogen-bond acceptors (Lipinski definition) is 2. The molecule has 1 atom stereocenters. The largest absolute Gasteiger partial charge is 0.325 e. The van der Waals surface area contributed by atoms with E-state index < -0.39 is 0 Å². The first-order chi connectivity index (χ1) is 7.25. The fourth-order valence-corrected chi connectivity index (χ4v) is 2.10. The van der Waals surface area contributed by atoms with Gasteiger partial charge in [-0.15, -0.1) is 12.4 Å². The van der Waals surface area contributed by atoms with Crippen LogP contribution in [0.5, 0.6) is 0 Å². The van der Waals surface area contributed by atoms with Crippen LogP contribution in [0.15, 0.2) is 28.7 Å². The highest BCUT2D eigenvalue weighted by molar-refractivity contribution is 9.10. The van der Waals surface area contributed by atoms with E-state index in [2.05, 4.69) is 26.6 Å². The third-order valence-corrected chi connectivity index (χ3v) is 2.96. The molecule has 2 rings (SSSR count). The molecule has 1 saturated heterocycles. The lowest BCUT2D eigenvalue weighted by Gasteiger charge is -2.10. The van der Waals surface area contributed by atoms with Crippen molar-refractivity contribution < 1.29 is 4.79 Å². The molecule has 1 aromatic carbocycles. The van der Waals surface area contributed by atoms with Gasteiger partial charge in [0.25, 0.3) is 0 Å². The van der Waals surface area contributed by atoms with Crippen LogP contribution in [0.3, 0.4) is 0 Å². The van der Waals surface area contributed by atoms with Gasteiger partial charge in [-0.1, -0.05) is 22.0 Å². The summed E-state index contributed by atoms with van der Waals surface area (Å²) in [5.41, 5.74) is 0.836. The van der Waals surface area contributed by atoms with E-state index in [4.69, 9.17) is 0 Å². The average Bonchev–Trinajstić information content (AvgIpc) is 2.70. The lowest BCUT2D eigenvalue weighted by Crippen LogP contribution is -2.35. The first-order valence-corrected chi connectivity index (χ1v) is 5.85. The first-order valence-electron chi connectivity index (χ1n) is 5.05. The molecular formula is C11H14BrClN2O. The number of carbonyl (C=O) groups is 1. The van der Waals surface area contributed by atoms with E-state index in [0.717, 1.165) is 29.5 Å². The van der Waals surface area contributed by atoms with Crippen molar-refractivity contribution in [3.8, 4) is 0 Å². The van der Waals surface area contributed by atoms with Crippen molar-refractivity contribution >= 4 is 39.9 Å². The molecule has 0 unspecified atom stereocenters. The smallest absolute Gasteiger partial charge is 0.241 e. The molecule has 1 aliphatic heterocycles. The monoisotopic (exact) mass is 304 g/mol. The van der Waals surface area contributed by atoms with Gasteiger partial charge in [-0.2, -0.15) is 0 Å². The number of anilines is 1. The lowest BCUT2D eigenvalue weighted by molar-refractivity contribution is -0.117. The summed E-state index contributed by atoms with van der Waals surface area (Å²) >= 11 is 3.37. The molecule has 0 radical (unpaired) electrons. The lowest BCUT2D eigenvalue weighted by atomic mass is 10.2. The zero-order chi connectivity index (χ0) is 10.7. The Hall–Kier alpha value is -0.580. The van der Waals surface area contributed by atoms with Gasteiger partial charge in [-0.05, 0) is 37.6 Å². The molecule has 88 valence electrons.